The standard InChI is InChI=1S/C25H29F3N8O/c26-25(27,28)16-1-2-22-30-9-20(36(22)10-16)24-29-4-3-23(33-24)35-6-5-34(11-17-18-13-37-14-19(17)18)21(12-35)15-7-31-32-8-15/h1-4,9-10,15,17-19,21,31-32H,5-8,11-14H2. The summed E-state index contributed by atoms with van der Waals surface area (Å²) in [7, 11) is 0. The first-order valence-electron chi connectivity index (χ1n) is 12.9. The molecule has 0 radical (unpaired) electrons. The molecule has 3 saturated heterocycles. The molecule has 2 N–H and O–H groups in total. The fourth-order valence-corrected chi connectivity index (χ4v) is 6.34. The highest BCUT2D eigenvalue weighted by molar-refractivity contribution is 5.59. The zero-order chi connectivity index (χ0) is 25.1. The topological polar surface area (TPSA) is 82.9 Å². The second kappa shape index (κ2) is 8.90. The summed E-state index contributed by atoms with van der Waals surface area (Å²) in [6.07, 6.45) is -0.179. The molecule has 3 aromatic rings. The third kappa shape index (κ3) is 4.25. The fraction of sp³-hybridized carbons (Fsp3) is 0.560. The first-order chi connectivity index (χ1) is 18.0. The number of alkyl halides is 3. The summed E-state index contributed by atoms with van der Waals surface area (Å²) in [5.41, 5.74) is 6.68. The molecule has 37 heavy (non-hydrogen) atoms. The van der Waals surface area contributed by atoms with Crippen molar-refractivity contribution in [3.8, 4) is 11.5 Å². The molecule has 0 aromatic carbocycles. The Morgan fingerprint density at radius 3 is 2.62 bits per heavy atom. The number of pyridine rings is 1. The van der Waals surface area contributed by atoms with Crippen LogP contribution in [-0.4, -0.2) is 82.8 Å². The number of anilines is 1. The van der Waals surface area contributed by atoms with Crippen LogP contribution in [0.25, 0.3) is 17.2 Å². The van der Waals surface area contributed by atoms with E-state index < -0.39 is 11.7 Å². The quantitative estimate of drug-likeness (QED) is 0.535. The Balaban J connectivity index is 1.14. The van der Waals surface area contributed by atoms with Crippen molar-refractivity contribution in [1.82, 2.24) is 35.1 Å². The molecule has 3 aromatic heterocycles. The molecule has 0 spiro atoms. The zero-order valence-electron chi connectivity index (χ0n) is 20.2. The molecule has 4 aliphatic rings. The number of hydrazine groups is 1. The zero-order valence-corrected chi connectivity index (χ0v) is 20.2. The van der Waals surface area contributed by atoms with Gasteiger partial charge >= 0.3 is 6.18 Å². The van der Waals surface area contributed by atoms with Crippen LogP contribution in [0.5, 0.6) is 0 Å². The molecule has 1 aliphatic carbocycles. The molecule has 0 bridgehead atoms. The van der Waals surface area contributed by atoms with Gasteiger partial charge < -0.3 is 9.64 Å². The highest BCUT2D eigenvalue weighted by Gasteiger charge is 2.55. The van der Waals surface area contributed by atoms with E-state index in [4.69, 9.17) is 9.72 Å². The van der Waals surface area contributed by atoms with Crippen molar-refractivity contribution in [2.24, 2.45) is 23.7 Å². The predicted molar refractivity (Wildman–Crippen MR) is 130 cm³/mol. The monoisotopic (exact) mass is 514 g/mol. The van der Waals surface area contributed by atoms with Crippen LogP contribution in [-0.2, 0) is 10.9 Å². The van der Waals surface area contributed by atoms with Crippen molar-refractivity contribution in [1.29, 1.82) is 0 Å². The van der Waals surface area contributed by atoms with Crippen LogP contribution in [0, 0.1) is 23.7 Å². The molecule has 4 fully saturated rings. The number of imidazole rings is 1. The van der Waals surface area contributed by atoms with E-state index in [0.717, 1.165) is 88.3 Å². The molecule has 3 unspecified atom stereocenters. The number of rotatable bonds is 5. The fourth-order valence-electron chi connectivity index (χ4n) is 6.34. The number of hydrogen-bond acceptors (Lipinski definition) is 8. The molecule has 3 atom stereocenters. The van der Waals surface area contributed by atoms with Gasteiger partial charge in [0.1, 0.15) is 17.2 Å². The van der Waals surface area contributed by atoms with Crippen molar-refractivity contribution in [3.05, 3.63) is 42.4 Å². The van der Waals surface area contributed by atoms with Gasteiger partial charge in [0.2, 0.25) is 0 Å². The van der Waals surface area contributed by atoms with Gasteiger partial charge in [-0.25, -0.2) is 15.0 Å². The van der Waals surface area contributed by atoms with Crippen LogP contribution in [0.4, 0.5) is 19.0 Å². The van der Waals surface area contributed by atoms with Gasteiger partial charge in [-0.2, -0.15) is 13.2 Å². The maximum atomic E-state index is 13.3. The van der Waals surface area contributed by atoms with Crippen molar-refractivity contribution >= 4 is 11.5 Å². The number of aromatic nitrogens is 4. The van der Waals surface area contributed by atoms with E-state index in [9.17, 15) is 13.2 Å². The molecule has 6 heterocycles. The van der Waals surface area contributed by atoms with Gasteiger partial charge in [-0.05, 0) is 36.0 Å². The minimum absolute atomic E-state index is 0.360. The maximum absolute atomic E-state index is 13.3. The number of nitrogens with zero attached hydrogens (tertiary/aromatic N) is 6. The van der Waals surface area contributed by atoms with Crippen LogP contribution in [0.1, 0.15) is 5.56 Å². The lowest BCUT2D eigenvalue weighted by Crippen LogP contribution is -2.57. The van der Waals surface area contributed by atoms with E-state index in [1.54, 1.807) is 6.20 Å². The third-order valence-corrected chi connectivity index (χ3v) is 8.53. The normalized spacial score (nSPS) is 28.8. The number of hydrogen-bond donors (Lipinski definition) is 2. The van der Waals surface area contributed by atoms with Crippen molar-refractivity contribution in [2.75, 3.05) is 57.4 Å². The van der Waals surface area contributed by atoms with E-state index in [1.807, 2.05) is 6.07 Å². The van der Waals surface area contributed by atoms with E-state index in [0.29, 0.717) is 29.1 Å². The van der Waals surface area contributed by atoms with Gasteiger partial charge in [-0.15, -0.1) is 0 Å². The Kier molecular flexibility index (Phi) is 5.61. The van der Waals surface area contributed by atoms with Gasteiger partial charge in [0.05, 0.1) is 25.0 Å². The lowest BCUT2D eigenvalue weighted by molar-refractivity contribution is -0.137. The number of fused-ring (bicyclic) bond motifs is 2. The van der Waals surface area contributed by atoms with Crippen molar-refractivity contribution in [2.45, 2.75) is 12.2 Å². The van der Waals surface area contributed by atoms with E-state index in [1.165, 1.54) is 16.7 Å². The Hall–Kier alpha value is -2.80. The molecule has 7 rings (SSSR count). The minimum atomic E-state index is -4.44. The first-order valence-corrected chi connectivity index (χ1v) is 12.9. The molecule has 0 amide bonds. The summed E-state index contributed by atoms with van der Waals surface area (Å²) >= 11 is 0. The van der Waals surface area contributed by atoms with E-state index in [2.05, 4.69) is 30.6 Å². The summed E-state index contributed by atoms with van der Waals surface area (Å²) in [5, 5.41) is 0. The van der Waals surface area contributed by atoms with Gasteiger partial charge in [0.15, 0.2) is 5.82 Å². The highest BCUT2D eigenvalue weighted by Crippen LogP contribution is 2.51. The Bertz CT molecular complexity index is 1280. The van der Waals surface area contributed by atoms with Crippen LogP contribution in [0.2, 0.25) is 0 Å². The van der Waals surface area contributed by atoms with Crippen LogP contribution in [0.15, 0.2) is 36.8 Å². The summed E-state index contributed by atoms with van der Waals surface area (Å²) in [4.78, 5) is 18.4. The average molecular weight is 515 g/mol. The van der Waals surface area contributed by atoms with Gasteiger partial charge in [-0.1, -0.05) is 0 Å². The first kappa shape index (κ1) is 23.3. The Labute approximate surface area is 212 Å². The Morgan fingerprint density at radius 1 is 1.03 bits per heavy atom. The number of piperazine rings is 1. The predicted octanol–water partition coefficient (Wildman–Crippen LogP) is 1.92. The smallest absolute Gasteiger partial charge is 0.381 e. The summed E-state index contributed by atoms with van der Waals surface area (Å²) < 4.78 is 47.0. The van der Waals surface area contributed by atoms with Crippen LogP contribution in [0.3, 0.4) is 0 Å². The lowest BCUT2D eigenvalue weighted by atomic mass is 9.96. The largest absolute Gasteiger partial charge is 0.417 e. The minimum Gasteiger partial charge on any atom is -0.381 e. The maximum Gasteiger partial charge on any atom is 0.417 e. The highest BCUT2D eigenvalue weighted by atomic mass is 19.4. The second-order valence-corrected chi connectivity index (χ2v) is 10.6. The Morgan fingerprint density at radius 2 is 1.84 bits per heavy atom. The van der Waals surface area contributed by atoms with Crippen LogP contribution < -0.4 is 15.8 Å². The summed E-state index contributed by atoms with van der Waals surface area (Å²) in [6.45, 7) is 7.41. The van der Waals surface area contributed by atoms with Gasteiger partial charge in [0, 0.05) is 63.6 Å². The number of halogens is 3. The molecule has 12 heteroatoms. The molecule has 3 aliphatic heterocycles. The van der Waals surface area contributed by atoms with Crippen LogP contribution >= 0.6 is 0 Å². The van der Waals surface area contributed by atoms with E-state index in [-0.39, 0.29) is 0 Å². The van der Waals surface area contributed by atoms with Gasteiger partial charge in [0.25, 0.3) is 0 Å². The number of ether oxygens (including phenoxy) is 1. The molecule has 1 saturated carbocycles. The third-order valence-electron chi connectivity index (χ3n) is 8.53. The molecular formula is C25H29F3N8O. The number of nitrogens with one attached hydrogen (secondary N) is 2. The second-order valence-electron chi connectivity index (χ2n) is 10.6. The lowest BCUT2D eigenvalue weighted by Gasteiger charge is -2.44. The molecule has 196 valence electrons. The average Bonchev–Trinajstić information content (AvgIpc) is 3.43. The summed E-state index contributed by atoms with van der Waals surface area (Å²) in [6, 6.07) is 4.66. The SMILES string of the molecule is FC(F)(F)c1ccc2ncc(-c3nccc(N4CCN(CC5C6COCC65)C(C5CNNC5)C4)n3)n2c1. The van der Waals surface area contributed by atoms with E-state index >= 15 is 0 Å². The van der Waals surface area contributed by atoms with Crippen molar-refractivity contribution < 1.29 is 17.9 Å². The van der Waals surface area contributed by atoms with Crippen molar-refractivity contribution in [3.63, 3.8) is 0 Å². The van der Waals surface area contributed by atoms with Gasteiger partial charge in [-0.3, -0.25) is 20.2 Å². The molecular weight excluding hydrogens is 485 g/mol. The molecule has 9 nitrogen and oxygen atoms in total. The summed E-state index contributed by atoms with van der Waals surface area (Å²) in [5.74, 6) is 3.83.